The molecule has 2 bridgehead atoms. The van der Waals surface area contributed by atoms with Crippen LogP contribution in [0, 0.1) is 6.92 Å². The third-order valence-corrected chi connectivity index (χ3v) is 5.28. The second-order valence-electron chi connectivity index (χ2n) is 5.43. The zero-order valence-electron chi connectivity index (χ0n) is 11.9. The maximum atomic E-state index is 12.5. The van der Waals surface area contributed by atoms with Crippen LogP contribution in [-0.4, -0.2) is 39.5 Å². The molecule has 4 atom stereocenters. The summed E-state index contributed by atoms with van der Waals surface area (Å²) in [6, 6.07) is 5.24. The summed E-state index contributed by atoms with van der Waals surface area (Å²) in [6.45, 7) is 2.26. The molecule has 2 heterocycles. The Labute approximate surface area is 128 Å². The quantitative estimate of drug-likeness (QED) is 0.513. The van der Waals surface area contributed by atoms with Crippen molar-refractivity contribution >= 4 is 10.0 Å². The number of nitrogens with one attached hydrogen (secondary N) is 1. The highest BCUT2D eigenvalue weighted by Gasteiger charge is 2.45. The zero-order chi connectivity index (χ0) is 15.7. The largest absolute Gasteiger partial charge is 0.348 e. The number of ether oxygens (including phenoxy) is 2. The lowest BCUT2D eigenvalue weighted by Crippen LogP contribution is -2.53. The van der Waals surface area contributed by atoms with Gasteiger partial charge in [0.25, 0.3) is 0 Å². The van der Waals surface area contributed by atoms with Crippen LogP contribution in [-0.2, 0) is 19.5 Å². The van der Waals surface area contributed by atoms with Crippen LogP contribution < -0.4 is 4.72 Å². The van der Waals surface area contributed by atoms with Crippen LogP contribution in [0.4, 0.5) is 0 Å². The number of hydrogen-bond donors (Lipinski definition) is 1. The highest BCUT2D eigenvalue weighted by Crippen LogP contribution is 2.30. The molecule has 1 N–H and O–H groups in total. The molecule has 2 aliphatic heterocycles. The van der Waals surface area contributed by atoms with Gasteiger partial charge in [0.2, 0.25) is 10.0 Å². The molecule has 0 amide bonds. The van der Waals surface area contributed by atoms with Gasteiger partial charge in [-0.2, -0.15) is 0 Å². The van der Waals surface area contributed by atoms with Crippen LogP contribution >= 0.6 is 0 Å². The monoisotopic (exact) mass is 324 g/mol. The number of nitrogens with zero attached hydrogens (tertiary/aromatic N) is 3. The molecule has 8 nitrogen and oxygen atoms in total. The fourth-order valence-electron chi connectivity index (χ4n) is 2.66. The molecule has 0 spiro atoms. The molecule has 1 aromatic rings. The fourth-order valence-corrected chi connectivity index (χ4v) is 3.92. The smallest absolute Gasteiger partial charge is 0.241 e. The second kappa shape index (κ2) is 5.86. The van der Waals surface area contributed by atoms with Gasteiger partial charge in [-0.05, 0) is 31.0 Å². The summed E-state index contributed by atoms with van der Waals surface area (Å²) >= 11 is 0. The molecule has 1 aromatic carbocycles. The van der Waals surface area contributed by atoms with Crippen LogP contribution in [0.15, 0.2) is 34.3 Å². The lowest BCUT2D eigenvalue weighted by Gasteiger charge is -2.32. The van der Waals surface area contributed by atoms with Gasteiger partial charge in [-0.1, -0.05) is 22.8 Å². The minimum absolute atomic E-state index is 0.151. The Balaban J connectivity index is 1.85. The molecule has 0 radical (unpaired) electrons. The third-order valence-electron chi connectivity index (χ3n) is 3.81. The normalized spacial score (nSPS) is 30.8. The van der Waals surface area contributed by atoms with Gasteiger partial charge in [-0.15, -0.1) is 0 Å². The van der Waals surface area contributed by atoms with Crippen LogP contribution in [0.25, 0.3) is 10.4 Å². The fraction of sp³-hybridized carbons (Fsp3) is 0.538. The average molecular weight is 324 g/mol. The number of aryl methyl sites for hydroxylation is 1. The number of hydrogen-bond acceptors (Lipinski definition) is 5. The number of sulfonamides is 1. The van der Waals surface area contributed by atoms with Crippen molar-refractivity contribution in [2.24, 2.45) is 5.11 Å². The number of fused-ring (bicyclic) bond motifs is 2. The molecule has 0 aliphatic carbocycles. The van der Waals surface area contributed by atoms with Gasteiger partial charge in [0, 0.05) is 4.91 Å². The molecule has 3 rings (SSSR count). The minimum atomic E-state index is -3.75. The summed E-state index contributed by atoms with van der Waals surface area (Å²) in [6.07, 6.45) is -0.447. The van der Waals surface area contributed by atoms with Gasteiger partial charge in [-0.25, -0.2) is 13.1 Å². The molecule has 0 unspecified atom stereocenters. The summed E-state index contributed by atoms with van der Waals surface area (Å²) in [5.74, 6) is 0. The lowest BCUT2D eigenvalue weighted by molar-refractivity contribution is -0.103. The molecular weight excluding hydrogens is 308 g/mol. The topological polar surface area (TPSA) is 113 Å². The van der Waals surface area contributed by atoms with E-state index in [4.69, 9.17) is 15.0 Å². The van der Waals surface area contributed by atoms with E-state index >= 15 is 0 Å². The van der Waals surface area contributed by atoms with E-state index in [1.165, 1.54) is 12.1 Å². The Morgan fingerprint density at radius 2 is 2.09 bits per heavy atom. The van der Waals surface area contributed by atoms with Crippen molar-refractivity contribution in [3.05, 3.63) is 40.3 Å². The predicted molar refractivity (Wildman–Crippen MR) is 77.5 cm³/mol. The van der Waals surface area contributed by atoms with Crippen molar-refractivity contribution in [2.45, 2.75) is 42.7 Å². The Morgan fingerprint density at radius 3 is 2.77 bits per heavy atom. The maximum Gasteiger partial charge on any atom is 0.241 e. The van der Waals surface area contributed by atoms with E-state index in [9.17, 15) is 8.42 Å². The summed E-state index contributed by atoms with van der Waals surface area (Å²) < 4.78 is 38.5. The highest BCUT2D eigenvalue weighted by atomic mass is 32.2. The van der Waals surface area contributed by atoms with E-state index in [0.29, 0.717) is 13.0 Å². The van der Waals surface area contributed by atoms with Crippen molar-refractivity contribution in [1.82, 2.24) is 4.72 Å². The second-order valence-corrected chi connectivity index (χ2v) is 7.14. The number of benzene rings is 1. The first-order chi connectivity index (χ1) is 10.5. The lowest BCUT2D eigenvalue weighted by atomic mass is 10.0. The van der Waals surface area contributed by atoms with Crippen LogP contribution in [0.1, 0.15) is 12.0 Å². The minimum Gasteiger partial charge on any atom is -0.348 e. The van der Waals surface area contributed by atoms with Gasteiger partial charge in [0.15, 0.2) is 6.29 Å². The third kappa shape index (κ3) is 2.94. The van der Waals surface area contributed by atoms with Crippen molar-refractivity contribution in [3.63, 3.8) is 0 Å². The van der Waals surface area contributed by atoms with Gasteiger partial charge < -0.3 is 9.47 Å². The highest BCUT2D eigenvalue weighted by molar-refractivity contribution is 7.89. The molecule has 118 valence electrons. The molecule has 0 aromatic heterocycles. The first-order valence-electron chi connectivity index (χ1n) is 6.90. The summed E-state index contributed by atoms with van der Waals surface area (Å²) in [5, 5.41) is 3.69. The molecule has 0 saturated carbocycles. The van der Waals surface area contributed by atoms with Crippen molar-refractivity contribution in [2.75, 3.05) is 6.61 Å². The van der Waals surface area contributed by atoms with Crippen LogP contribution in [0.2, 0.25) is 0 Å². The standard InChI is InChI=1S/C13H16N4O4S/c1-8-2-4-10(5-3-8)22(18,19)16-12-11(15-17-14)6-9-7-20-13(12)21-9/h2-5,9,11-13,16H,6-7H2,1H3/t9-,11-,12+,13+/m0/s1. The first-order valence-corrected chi connectivity index (χ1v) is 8.38. The van der Waals surface area contributed by atoms with E-state index in [0.717, 1.165) is 5.56 Å². The predicted octanol–water partition coefficient (Wildman–Crippen LogP) is 1.47. The molecule has 9 heteroatoms. The van der Waals surface area contributed by atoms with Crippen LogP contribution in [0.5, 0.6) is 0 Å². The van der Waals surface area contributed by atoms with E-state index in [1.807, 2.05) is 6.92 Å². The molecule has 2 fully saturated rings. The van der Waals surface area contributed by atoms with Crippen molar-refractivity contribution in [3.8, 4) is 0 Å². The summed E-state index contributed by atoms with van der Waals surface area (Å²) in [5.41, 5.74) is 9.64. The van der Waals surface area contributed by atoms with Gasteiger partial charge in [-0.3, -0.25) is 0 Å². The van der Waals surface area contributed by atoms with E-state index in [2.05, 4.69) is 14.7 Å². The van der Waals surface area contributed by atoms with Gasteiger partial charge in [0.05, 0.1) is 29.7 Å². The molecule has 22 heavy (non-hydrogen) atoms. The average Bonchev–Trinajstić information content (AvgIpc) is 2.87. The van der Waals surface area contributed by atoms with Gasteiger partial charge >= 0.3 is 0 Å². The Morgan fingerprint density at radius 1 is 1.36 bits per heavy atom. The first kappa shape index (κ1) is 15.3. The summed E-state index contributed by atoms with van der Waals surface area (Å²) in [7, 11) is -3.75. The van der Waals surface area contributed by atoms with E-state index in [1.54, 1.807) is 12.1 Å². The van der Waals surface area contributed by atoms with E-state index < -0.39 is 28.4 Å². The van der Waals surface area contributed by atoms with Crippen molar-refractivity contribution in [1.29, 1.82) is 0 Å². The summed E-state index contributed by atoms with van der Waals surface area (Å²) in [4.78, 5) is 2.95. The number of azide groups is 1. The Hall–Kier alpha value is -1.64. The molecular formula is C13H16N4O4S. The molecule has 2 saturated heterocycles. The Bertz CT molecular complexity index is 699. The van der Waals surface area contributed by atoms with Gasteiger partial charge in [0.1, 0.15) is 0 Å². The van der Waals surface area contributed by atoms with Crippen molar-refractivity contribution < 1.29 is 17.9 Å². The number of rotatable bonds is 4. The van der Waals surface area contributed by atoms with Crippen LogP contribution in [0.3, 0.4) is 0 Å². The molecule has 2 aliphatic rings. The SMILES string of the molecule is Cc1ccc(S(=O)(=O)N[C@H]2[C@@H]3OC[C@H](C[C@@H]2N=[N+]=[N-])O3)cc1. The zero-order valence-corrected chi connectivity index (χ0v) is 12.7. The Kier molecular flexibility index (Phi) is 4.07. The maximum absolute atomic E-state index is 12.5. The van der Waals surface area contributed by atoms with E-state index in [-0.39, 0.29) is 11.0 Å².